The van der Waals surface area contributed by atoms with Gasteiger partial charge in [-0.3, -0.25) is 0 Å². The second-order valence-corrected chi connectivity index (χ2v) is 17.4. The molecule has 0 amide bonds. The normalized spacial score (nSPS) is 19.0. The number of nitrogens with one attached hydrogen (secondary N) is 1. The minimum Gasteiger partial charge on any atom is -0.324 e. The number of benzene rings is 6. The summed E-state index contributed by atoms with van der Waals surface area (Å²) in [6.07, 6.45) is 24.0. The van der Waals surface area contributed by atoms with Gasteiger partial charge in [0.25, 0.3) is 0 Å². The number of rotatable bonds is 10. The Bertz CT molecular complexity index is 3130. The van der Waals surface area contributed by atoms with Crippen LogP contribution in [0.2, 0.25) is 0 Å². The average molecular weight is 855 g/mol. The summed E-state index contributed by atoms with van der Waals surface area (Å²) in [4.78, 5) is 25.6. The number of hydrogen-bond donors (Lipinski definition) is 1. The standard InChI is InChI=1S/C60H50N6/c1-5-18-41(19-6-1)45-26-15-33-52(38-45)59-64-57(44-24-11-4-12-25-44)65-60(66-59)54-35-17-32-51(40-54)49-30-14-28-47(37-49)46-27-13-29-48(36-46)50-31-16-34-53(39-50)58-62-55(42-20-7-2-8-21-42)61-56(63-58)43-22-9-3-10-23-43/h2-4,7-18,20-24,26-31,33-40,44,51,55H,1,5-6,19,25,32H2,(H,61,62,63). The van der Waals surface area contributed by atoms with E-state index in [-0.39, 0.29) is 18.0 Å². The van der Waals surface area contributed by atoms with Gasteiger partial charge in [0.05, 0.1) is 0 Å². The molecule has 7 aromatic rings. The molecule has 6 aromatic carbocycles. The molecule has 3 atom stereocenters. The molecule has 1 aliphatic heterocycles. The molecule has 11 rings (SSSR count). The third-order valence-electron chi connectivity index (χ3n) is 12.9. The van der Waals surface area contributed by atoms with Crippen molar-refractivity contribution in [2.24, 2.45) is 9.98 Å². The van der Waals surface area contributed by atoms with E-state index in [0.717, 1.165) is 93.8 Å². The van der Waals surface area contributed by atoms with Crippen molar-refractivity contribution in [3.05, 3.63) is 246 Å². The van der Waals surface area contributed by atoms with Gasteiger partial charge in [-0.15, -0.1) is 0 Å². The molecule has 3 aliphatic carbocycles. The zero-order chi connectivity index (χ0) is 44.1. The summed E-state index contributed by atoms with van der Waals surface area (Å²) in [5.41, 5.74) is 13.7. The van der Waals surface area contributed by atoms with Crippen molar-refractivity contribution in [2.75, 3.05) is 0 Å². The number of hydrogen-bond acceptors (Lipinski definition) is 6. The third kappa shape index (κ3) is 8.96. The highest BCUT2D eigenvalue weighted by Gasteiger charge is 2.23. The fourth-order valence-corrected chi connectivity index (χ4v) is 9.40. The topological polar surface area (TPSA) is 75.4 Å². The predicted octanol–water partition coefficient (Wildman–Crippen LogP) is 14.1. The van der Waals surface area contributed by atoms with Crippen LogP contribution in [0.1, 0.15) is 96.0 Å². The Balaban J connectivity index is 0.880. The van der Waals surface area contributed by atoms with Gasteiger partial charge in [0, 0.05) is 34.1 Å². The zero-order valence-corrected chi connectivity index (χ0v) is 36.8. The van der Waals surface area contributed by atoms with Gasteiger partial charge in [-0.1, -0.05) is 188 Å². The lowest BCUT2D eigenvalue weighted by molar-refractivity contribution is 0.742. The van der Waals surface area contributed by atoms with Crippen LogP contribution in [0.15, 0.2) is 216 Å². The van der Waals surface area contributed by atoms with Gasteiger partial charge in [-0.05, 0) is 101 Å². The first-order chi connectivity index (χ1) is 32.7. The highest BCUT2D eigenvalue weighted by Crippen LogP contribution is 2.36. The van der Waals surface area contributed by atoms with Gasteiger partial charge < -0.3 is 5.32 Å². The van der Waals surface area contributed by atoms with Crippen molar-refractivity contribution in [3.8, 4) is 33.6 Å². The maximum atomic E-state index is 5.19. The minimum atomic E-state index is -0.349. The van der Waals surface area contributed by atoms with Crippen molar-refractivity contribution < 1.29 is 0 Å². The first-order valence-electron chi connectivity index (χ1n) is 23.3. The Kier molecular flexibility index (Phi) is 11.6. The van der Waals surface area contributed by atoms with Crippen molar-refractivity contribution >= 4 is 22.8 Å². The van der Waals surface area contributed by atoms with Crippen LogP contribution in [-0.2, 0) is 0 Å². The Hall–Kier alpha value is -7.83. The molecule has 2 heterocycles. The quantitative estimate of drug-likeness (QED) is 0.149. The molecule has 1 aromatic heterocycles. The molecule has 66 heavy (non-hydrogen) atoms. The van der Waals surface area contributed by atoms with Gasteiger partial charge in [-0.25, -0.2) is 24.9 Å². The van der Waals surface area contributed by atoms with E-state index in [2.05, 4.69) is 175 Å². The fourth-order valence-electron chi connectivity index (χ4n) is 9.40. The first kappa shape index (κ1) is 40.9. The summed E-state index contributed by atoms with van der Waals surface area (Å²) in [5.74, 6) is 4.14. The molecule has 320 valence electrons. The SMILES string of the molecule is C1=CCC(c2nc(C3=CC(c4cccc(-c5cccc(-c6cccc(C7=NC(c8ccccc8)N=C(c8ccccc8)N7)c6)c5)c4)CC=C3)nc(-c3cccc(C4=CCCCC4)c3)n2)C=C1. The Morgan fingerprint density at radius 3 is 1.82 bits per heavy atom. The van der Waals surface area contributed by atoms with Crippen molar-refractivity contribution in [1.82, 2.24) is 20.3 Å². The second-order valence-electron chi connectivity index (χ2n) is 17.4. The van der Waals surface area contributed by atoms with Gasteiger partial charge in [-0.2, -0.15) is 0 Å². The molecule has 0 bridgehead atoms. The average Bonchev–Trinajstić information content (AvgIpc) is 3.42. The Labute approximate surface area is 387 Å². The lowest BCUT2D eigenvalue weighted by Crippen LogP contribution is -2.36. The van der Waals surface area contributed by atoms with Crippen LogP contribution in [0.4, 0.5) is 0 Å². The number of allylic oxidation sites excluding steroid dienone is 10. The fraction of sp³-hybridized carbons (Fsp3) is 0.150. The number of aliphatic imine (C=N–C) groups is 2. The minimum absolute atomic E-state index is 0.102. The first-order valence-corrected chi connectivity index (χ1v) is 23.3. The molecule has 0 saturated heterocycles. The van der Waals surface area contributed by atoms with Crippen molar-refractivity contribution in [1.29, 1.82) is 0 Å². The van der Waals surface area contributed by atoms with Crippen molar-refractivity contribution in [2.45, 2.75) is 56.5 Å². The van der Waals surface area contributed by atoms with E-state index in [1.807, 2.05) is 36.4 Å². The molecule has 1 N–H and O–H groups in total. The maximum Gasteiger partial charge on any atom is 0.169 e. The van der Waals surface area contributed by atoms with E-state index in [1.54, 1.807) is 0 Å². The van der Waals surface area contributed by atoms with Crippen LogP contribution in [0.5, 0.6) is 0 Å². The summed E-state index contributed by atoms with van der Waals surface area (Å²) in [6.45, 7) is 0. The third-order valence-corrected chi connectivity index (χ3v) is 12.9. The molecule has 4 aliphatic rings. The number of nitrogens with zero attached hydrogens (tertiary/aromatic N) is 5. The monoisotopic (exact) mass is 854 g/mol. The van der Waals surface area contributed by atoms with Crippen LogP contribution >= 0.6 is 0 Å². The van der Waals surface area contributed by atoms with Crippen LogP contribution in [0.3, 0.4) is 0 Å². The van der Waals surface area contributed by atoms with Gasteiger partial charge in [0.2, 0.25) is 0 Å². The summed E-state index contributed by atoms with van der Waals surface area (Å²) in [5, 5.41) is 3.57. The summed E-state index contributed by atoms with van der Waals surface area (Å²) < 4.78 is 0. The predicted molar refractivity (Wildman–Crippen MR) is 271 cm³/mol. The van der Waals surface area contributed by atoms with Crippen LogP contribution in [0, 0.1) is 0 Å². The molecule has 0 spiro atoms. The van der Waals surface area contributed by atoms with Crippen LogP contribution < -0.4 is 5.32 Å². The molecular formula is C60H50N6. The highest BCUT2D eigenvalue weighted by molar-refractivity contribution is 6.16. The molecule has 0 fully saturated rings. The largest absolute Gasteiger partial charge is 0.324 e. The second kappa shape index (κ2) is 18.7. The molecule has 0 radical (unpaired) electrons. The summed E-state index contributed by atoms with van der Waals surface area (Å²) in [6, 6.07) is 55.8. The summed E-state index contributed by atoms with van der Waals surface area (Å²) >= 11 is 0. The molecular weight excluding hydrogens is 805 g/mol. The smallest absolute Gasteiger partial charge is 0.169 e. The van der Waals surface area contributed by atoms with E-state index in [1.165, 1.54) is 40.7 Å². The highest BCUT2D eigenvalue weighted by atomic mass is 15.2. The molecule has 6 nitrogen and oxygen atoms in total. The van der Waals surface area contributed by atoms with Gasteiger partial charge in [0.1, 0.15) is 17.5 Å². The Morgan fingerprint density at radius 1 is 0.470 bits per heavy atom. The maximum absolute atomic E-state index is 5.19. The van der Waals surface area contributed by atoms with Crippen molar-refractivity contribution in [3.63, 3.8) is 0 Å². The molecule has 6 heteroatoms. The van der Waals surface area contributed by atoms with E-state index in [4.69, 9.17) is 24.9 Å². The van der Waals surface area contributed by atoms with E-state index >= 15 is 0 Å². The van der Waals surface area contributed by atoms with Gasteiger partial charge in [0.15, 0.2) is 17.8 Å². The lowest BCUT2D eigenvalue weighted by atomic mass is 9.87. The summed E-state index contributed by atoms with van der Waals surface area (Å²) in [7, 11) is 0. The number of aromatic nitrogens is 3. The zero-order valence-electron chi connectivity index (χ0n) is 36.8. The van der Waals surface area contributed by atoms with E-state index in [0.29, 0.717) is 0 Å². The van der Waals surface area contributed by atoms with Gasteiger partial charge >= 0.3 is 0 Å². The van der Waals surface area contributed by atoms with E-state index < -0.39 is 0 Å². The number of amidine groups is 2. The lowest BCUT2D eigenvalue weighted by Gasteiger charge is -2.22. The van der Waals surface area contributed by atoms with E-state index in [9.17, 15) is 0 Å². The van der Waals surface area contributed by atoms with Crippen LogP contribution in [0.25, 0.3) is 44.8 Å². The Morgan fingerprint density at radius 2 is 1.08 bits per heavy atom. The molecule has 3 unspecified atom stereocenters. The molecule has 0 saturated carbocycles. The van der Waals surface area contributed by atoms with Crippen LogP contribution in [-0.4, -0.2) is 26.6 Å².